The number of rotatable bonds is 9. The minimum absolute atomic E-state index is 0.0324. The van der Waals surface area contributed by atoms with E-state index < -0.39 is 5.97 Å². The van der Waals surface area contributed by atoms with Crippen LogP contribution >= 0.6 is 22.7 Å². The van der Waals surface area contributed by atoms with E-state index in [0.29, 0.717) is 41.0 Å². The van der Waals surface area contributed by atoms with E-state index in [2.05, 4.69) is 30.4 Å². The molecule has 0 unspecified atom stereocenters. The Morgan fingerprint density at radius 1 is 1.11 bits per heavy atom. The van der Waals surface area contributed by atoms with E-state index in [9.17, 15) is 14.3 Å². The van der Waals surface area contributed by atoms with Gasteiger partial charge in [0.15, 0.2) is 39.2 Å². The number of aromatic nitrogens is 4. The Hall–Kier alpha value is -4.20. The lowest BCUT2D eigenvalue weighted by atomic mass is 9.99. The van der Waals surface area contributed by atoms with Crippen LogP contribution < -0.4 is 15.0 Å². The van der Waals surface area contributed by atoms with Gasteiger partial charge in [-0.3, -0.25) is 0 Å². The number of anilines is 4. The molecule has 2 aromatic carbocycles. The molecule has 0 radical (unpaired) electrons. The molecule has 0 aliphatic carbocycles. The van der Waals surface area contributed by atoms with Crippen LogP contribution in [0.1, 0.15) is 50.5 Å². The number of carboxylic acids is 1. The number of aryl methyl sites for hydroxylation is 1. The van der Waals surface area contributed by atoms with E-state index in [1.807, 2.05) is 49.2 Å². The first-order chi connectivity index (χ1) is 21.8. The van der Waals surface area contributed by atoms with Crippen molar-refractivity contribution in [3.8, 4) is 5.75 Å². The number of aromatic carboxylic acids is 1. The molecule has 0 saturated heterocycles. The van der Waals surface area contributed by atoms with Crippen molar-refractivity contribution in [2.24, 2.45) is 0 Å². The van der Waals surface area contributed by atoms with E-state index in [-0.39, 0.29) is 23.9 Å². The van der Waals surface area contributed by atoms with Gasteiger partial charge in [0, 0.05) is 35.6 Å². The molecule has 0 spiro atoms. The summed E-state index contributed by atoms with van der Waals surface area (Å²) in [5.41, 5.74) is 5.11. The summed E-state index contributed by atoms with van der Waals surface area (Å²) in [7, 11) is 2.03. The number of para-hydroxylation sites is 1. The largest absolute Gasteiger partial charge is 0.490 e. The maximum absolute atomic E-state index is 14.7. The molecular weight excluding hydrogens is 614 g/mol. The number of halogens is 1. The fraction of sp³-hybridized carbons (Fsp3) is 0.344. The fourth-order valence-electron chi connectivity index (χ4n) is 5.93. The molecule has 7 rings (SSSR count). The van der Waals surface area contributed by atoms with Crippen molar-refractivity contribution in [3.05, 3.63) is 75.0 Å². The van der Waals surface area contributed by atoms with E-state index in [1.165, 1.54) is 11.3 Å². The van der Waals surface area contributed by atoms with E-state index in [1.54, 1.807) is 17.4 Å². The summed E-state index contributed by atoms with van der Waals surface area (Å²) in [6, 6.07) is 11.4. The number of hydrogen-bond donors (Lipinski definition) is 2. The average molecular weight is 646 g/mol. The minimum Gasteiger partial charge on any atom is -0.490 e. The average Bonchev–Trinajstić information content (AvgIpc) is 3.65. The standard InChI is InChI=1S/C32H32FN7O3S2/c1-18-21-7-5-12-40(29(21)38-37-28(18)36-31-34-23-8-3-4-9-25(23)44-31)32-35-27(30(41)42)26(45-32)10-6-14-43-24-16-19-11-13-39(2)17-20(19)15-22(24)33/h3-4,8-9,15-16H,5-7,10-14,17H2,1-2H3,(H,41,42)(H,34,36,37). The number of benzene rings is 2. The third-order valence-electron chi connectivity index (χ3n) is 8.29. The van der Waals surface area contributed by atoms with Crippen molar-refractivity contribution in [3.63, 3.8) is 0 Å². The van der Waals surface area contributed by atoms with Crippen LogP contribution in [0, 0.1) is 12.7 Å². The van der Waals surface area contributed by atoms with Crippen molar-refractivity contribution in [1.29, 1.82) is 0 Å². The summed E-state index contributed by atoms with van der Waals surface area (Å²) in [5.74, 6) is 0.159. The first kappa shape index (κ1) is 29.5. The highest BCUT2D eigenvalue weighted by Gasteiger charge is 2.28. The minimum atomic E-state index is -1.08. The zero-order valence-electron chi connectivity index (χ0n) is 25.0. The summed E-state index contributed by atoms with van der Waals surface area (Å²) >= 11 is 2.91. The van der Waals surface area contributed by atoms with Crippen LogP contribution in [-0.4, -0.2) is 62.9 Å². The van der Waals surface area contributed by atoms with Crippen LogP contribution in [0.15, 0.2) is 36.4 Å². The van der Waals surface area contributed by atoms with Gasteiger partial charge in [-0.15, -0.1) is 21.5 Å². The molecule has 13 heteroatoms. The molecule has 3 aromatic heterocycles. The molecule has 0 saturated carbocycles. The summed E-state index contributed by atoms with van der Waals surface area (Å²) in [4.78, 5) is 26.1. The normalized spacial score (nSPS) is 14.8. The molecule has 0 bridgehead atoms. The number of hydrogen-bond acceptors (Lipinski definition) is 11. The Labute approximate surface area is 267 Å². The highest BCUT2D eigenvalue weighted by atomic mass is 32.1. The number of ether oxygens (including phenoxy) is 1. The van der Waals surface area contributed by atoms with Gasteiger partial charge in [0.25, 0.3) is 0 Å². The van der Waals surface area contributed by atoms with Gasteiger partial charge in [0.05, 0.1) is 16.8 Å². The Balaban J connectivity index is 1.06. The first-order valence-corrected chi connectivity index (χ1v) is 16.6. The van der Waals surface area contributed by atoms with Crippen LogP contribution in [0.25, 0.3) is 10.2 Å². The Bertz CT molecular complexity index is 1880. The number of nitrogens with one attached hydrogen (secondary N) is 1. The Morgan fingerprint density at radius 3 is 2.82 bits per heavy atom. The van der Waals surface area contributed by atoms with Crippen LogP contribution in [0.4, 0.5) is 26.3 Å². The van der Waals surface area contributed by atoms with Gasteiger partial charge in [-0.05, 0) is 81.5 Å². The summed E-state index contributed by atoms with van der Waals surface area (Å²) in [6.07, 6.45) is 3.54. The summed E-state index contributed by atoms with van der Waals surface area (Å²) < 4.78 is 21.6. The zero-order valence-corrected chi connectivity index (χ0v) is 26.6. The first-order valence-electron chi connectivity index (χ1n) is 15.0. The van der Waals surface area contributed by atoms with E-state index >= 15 is 0 Å². The van der Waals surface area contributed by atoms with Crippen LogP contribution in [-0.2, 0) is 25.8 Å². The highest BCUT2D eigenvalue weighted by molar-refractivity contribution is 7.22. The topological polar surface area (TPSA) is 117 Å². The van der Waals surface area contributed by atoms with Crippen molar-refractivity contribution < 1.29 is 19.0 Å². The summed E-state index contributed by atoms with van der Waals surface area (Å²) in [5, 5.41) is 23.7. The molecule has 0 amide bonds. The van der Waals surface area contributed by atoms with Crippen LogP contribution in [0.2, 0.25) is 0 Å². The molecule has 0 fully saturated rings. The maximum atomic E-state index is 14.7. The van der Waals surface area contributed by atoms with Gasteiger partial charge in [0.2, 0.25) is 0 Å². The lowest BCUT2D eigenvalue weighted by molar-refractivity contribution is 0.0690. The second-order valence-corrected chi connectivity index (χ2v) is 13.5. The second kappa shape index (κ2) is 12.3. The van der Waals surface area contributed by atoms with Gasteiger partial charge in [0.1, 0.15) is 0 Å². The third-order valence-corrected chi connectivity index (χ3v) is 10.4. The molecule has 2 aliphatic heterocycles. The Morgan fingerprint density at radius 2 is 1.98 bits per heavy atom. The van der Waals surface area contributed by atoms with Gasteiger partial charge in [-0.25, -0.2) is 19.2 Å². The summed E-state index contributed by atoms with van der Waals surface area (Å²) in [6.45, 7) is 4.61. The molecule has 2 aliphatic rings. The molecule has 5 heterocycles. The lowest BCUT2D eigenvalue weighted by Gasteiger charge is -2.28. The van der Waals surface area contributed by atoms with E-state index in [4.69, 9.17) is 4.74 Å². The van der Waals surface area contributed by atoms with Gasteiger partial charge < -0.3 is 25.0 Å². The monoisotopic (exact) mass is 645 g/mol. The predicted molar refractivity (Wildman–Crippen MR) is 174 cm³/mol. The molecule has 10 nitrogen and oxygen atoms in total. The van der Waals surface area contributed by atoms with Crippen molar-refractivity contribution in [2.75, 3.05) is 37.0 Å². The molecule has 2 N–H and O–H groups in total. The van der Waals surface area contributed by atoms with Gasteiger partial charge in [-0.1, -0.05) is 23.5 Å². The number of carboxylic acid groups (broad SMARTS) is 1. The molecular formula is C32H32FN7O3S2. The predicted octanol–water partition coefficient (Wildman–Crippen LogP) is 6.52. The third kappa shape index (κ3) is 5.95. The SMILES string of the molecule is Cc1c(Nc2nc3ccccc3s2)nnc2c1CCCN2c1nc(C(=O)O)c(CCCOc2cc3c(cc2F)CN(C)CC3)s1. The van der Waals surface area contributed by atoms with Gasteiger partial charge in [-0.2, -0.15) is 0 Å². The highest BCUT2D eigenvalue weighted by Crippen LogP contribution is 2.39. The maximum Gasteiger partial charge on any atom is 0.355 e. The number of fused-ring (bicyclic) bond motifs is 3. The van der Waals surface area contributed by atoms with E-state index in [0.717, 1.165) is 70.0 Å². The molecule has 232 valence electrons. The number of carbonyl (C=O) groups is 1. The Kier molecular flexibility index (Phi) is 8.06. The number of thiazole rings is 2. The lowest BCUT2D eigenvalue weighted by Crippen LogP contribution is -2.27. The van der Waals surface area contributed by atoms with Crippen molar-refractivity contribution in [1.82, 2.24) is 25.1 Å². The number of nitrogens with zero attached hydrogens (tertiary/aromatic N) is 6. The molecule has 5 aromatic rings. The zero-order chi connectivity index (χ0) is 31.1. The van der Waals surface area contributed by atoms with Crippen molar-refractivity contribution in [2.45, 2.75) is 45.6 Å². The van der Waals surface area contributed by atoms with Gasteiger partial charge >= 0.3 is 5.97 Å². The van der Waals surface area contributed by atoms with Crippen LogP contribution in [0.3, 0.4) is 0 Å². The smallest absolute Gasteiger partial charge is 0.355 e. The van der Waals surface area contributed by atoms with Crippen LogP contribution in [0.5, 0.6) is 5.75 Å². The molecule has 45 heavy (non-hydrogen) atoms. The second-order valence-electron chi connectivity index (χ2n) is 11.4. The number of likely N-dealkylation sites (N-methyl/N-ethyl adjacent to an activating group) is 1. The van der Waals surface area contributed by atoms with Crippen molar-refractivity contribution >= 4 is 60.8 Å². The quantitative estimate of drug-likeness (QED) is 0.172. The molecule has 0 atom stereocenters. The fourth-order valence-corrected chi connectivity index (χ4v) is 7.91.